The molecule has 1 heterocycles. The number of hydrogen-bond donors (Lipinski definition) is 0. The van der Waals surface area contributed by atoms with E-state index in [4.69, 9.17) is 4.74 Å². The third-order valence-electron chi connectivity index (χ3n) is 4.24. The standard InChI is InChI=1S/C21H18FNO5S/c1-13(20(25)27-2)23-19(24)18(29-21(23)26)11-15-7-3-4-9-17(15)28-12-14-6-5-8-16(22)10-14/h3-11,13H,12H2,1-2H3/b18-11+/t13-/m0/s1. The van der Waals surface area contributed by atoms with Crippen LogP contribution in [0.1, 0.15) is 18.1 Å². The highest BCUT2D eigenvalue weighted by Gasteiger charge is 2.41. The second-order valence-corrected chi connectivity index (χ2v) is 7.20. The van der Waals surface area contributed by atoms with Gasteiger partial charge in [-0.3, -0.25) is 14.5 Å². The van der Waals surface area contributed by atoms with Gasteiger partial charge in [-0.25, -0.2) is 9.18 Å². The zero-order valence-corrected chi connectivity index (χ0v) is 16.6. The predicted octanol–water partition coefficient (Wildman–Crippen LogP) is 4.00. The van der Waals surface area contributed by atoms with Gasteiger partial charge in [0.2, 0.25) is 0 Å². The van der Waals surface area contributed by atoms with Crippen molar-refractivity contribution in [2.24, 2.45) is 0 Å². The minimum absolute atomic E-state index is 0.142. The van der Waals surface area contributed by atoms with Crippen molar-refractivity contribution in [3.63, 3.8) is 0 Å². The number of methoxy groups -OCH3 is 1. The van der Waals surface area contributed by atoms with Gasteiger partial charge in [0.05, 0.1) is 12.0 Å². The fourth-order valence-corrected chi connectivity index (χ4v) is 3.65. The van der Waals surface area contributed by atoms with Crippen molar-refractivity contribution in [2.45, 2.75) is 19.6 Å². The van der Waals surface area contributed by atoms with Crippen LogP contribution in [0.2, 0.25) is 0 Å². The van der Waals surface area contributed by atoms with E-state index < -0.39 is 23.2 Å². The van der Waals surface area contributed by atoms with Crippen molar-refractivity contribution < 1.29 is 28.2 Å². The number of hydrogen-bond acceptors (Lipinski definition) is 6. The lowest BCUT2D eigenvalue weighted by Crippen LogP contribution is -2.42. The Morgan fingerprint density at radius 2 is 1.97 bits per heavy atom. The molecule has 0 aromatic heterocycles. The molecule has 1 atom stereocenters. The molecule has 2 aromatic carbocycles. The highest BCUT2D eigenvalue weighted by Crippen LogP contribution is 2.35. The molecule has 0 unspecified atom stereocenters. The molecule has 6 nitrogen and oxygen atoms in total. The molecule has 1 fully saturated rings. The van der Waals surface area contributed by atoms with Crippen LogP contribution in [0.3, 0.4) is 0 Å². The van der Waals surface area contributed by atoms with Gasteiger partial charge in [0, 0.05) is 5.56 Å². The van der Waals surface area contributed by atoms with Crippen LogP contribution < -0.4 is 4.74 Å². The second kappa shape index (κ2) is 8.91. The zero-order chi connectivity index (χ0) is 21.0. The Kier molecular flexibility index (Phi) is 6.33. The van der Waals surface area contributed by atoms with Crippen LogP contribution in [0.5, 0.6) is 5.75 Å². The van der Waals surface area contributed by atoms with Crippen LogP contribution in [-0.4, -0.2) is 35.2 Å². The molecule has 0 bridgehead atoms. The summed E-state index contributed by atoms with van der Waals surface area (Å²) in [5, 5.41) is -0.544. The predicted molar refractivity (Wildman–Crippen MR) is 106 cm³/mol. The number of halogens is 1. The third-order valence-corrected chi connectivity index (χ3v) is 5.13. The number of carbonyl (C=O) groups is 3. The van der Waals surface area contributed by atoms with Crippen LogP contribution in [0.4, 0.5) is 9.18 Å². The Morgan fingerprint density at radius 1 is 1.21 bits per heavy atom. The molecule has 1 saturated heterocycles. The van der Waals surface area contributed by atoms with Gasteiger partial charge in [0.1, 0.15) is 24.2 Å². The number of benzene rings is 2. The van der Waals surface area contributed by atoms with Crippen molar-refractivity contribution in [1.82, 2.24) is 4.90 Å². The molecule has 0 N–H and O–H groups in total. The summed E-state index contributed by atoms with van der Waals surface area (Å²) in [5.41, 5.74) is 1.24. The van der Waals surface area contributed by atoms with E-state index in [9.17, 15) is 18.8 Å². The number of ether oxygens (including phenoxy) is 2. The summed E-state index contributed by atoms with van der Waals surface area (Å²) in [4.78, 5) is 37.6. The van der Waals surface area contributed by atoms with E-state index in [0.717, 1.165) is 16.7 Å². The normalized spacial score (nSPS) is 16.2. The van der Waals surface area contributed by atoms with Crippen LogP contribution in [0, 0.1) is 5.82 Å². The minimum atomic E-state index is -1.02. The lowest BCUT2D eigenvalue weighted by Gasteiger charge is -2.18. The maximum Gasteiger partial charge on any atom is 0.328 e. The molecule has 1 aliphatic rings. The first-order chi connectivity index (χ1) is 13.9. The second-order valence-electron chi connectivity index (χ2n) is 6.21. The number of rotatable bonds is 6. The van der Waals surface area contributed by atoms with Crippen LogP contribution >= 0.6 is 11.8 Å². The Bertz CT molecular complexity index is 991. The Hall–Kier alpha value is -3.13. The molecule has 29 heavy (non-hydrogen) atoms. The molecule has 0 aliphatic carbocycles. The lowest BCUT2D eigenvalue weighted by atomic mass is 10.1. The summed E-state index contributed by atoms with van der Waals surface area (Å²) in [6, 6.07) is 12.0. The first-order valence-corrected chi connectivity index (χ1v) is 9.53. The molecule has 2 amide bonds. The summed E-state index contributed by atoms with van der Waals surface area (Å²) in [5.74, 6) is -1.12. The highest BCUT2D eigenvalue weighted by atomic mass is 32.2. The van der Waals surface area contributed by atoms with E-state index in [2.05, 4.69) is 4.74 Å². The average molecular weight is 415 g/mol. The average Bonchev–Trinajstić information content (AvgIpc) is 2.99. The molecule has 0 spiro atoms. The van der Waals surface area contributed by atoms with Crippen molar-refractivity contribution in [1.29, 1.82) is 0 Å². The summed E-state index contributed by atoms with van der Waals surface area (Å²) in [7, 11) is 1.19. The monoisotopic (exact) mass is 415 g/mol. The third kappa shape index (κ3) is 4.65. The van der Waals surface area contributed by atoms with Gasteiger partial charge in [0.15, 0.2) is 0 Å². The number of para-hydroxylation sites is 1. The van der Waals surface area contributed by atoms with Gasteiger partial charge < -0.3 is 9.47 Å². The summed E-state index contributed by atoms with van der Waals surface area (Å²) < 4.78 is 23.7. The molecule has 1 aliphatic heterocycles. The first kappa shape index (κ1) is 20.6. The van der Waals surface area contributed by atoms with Crippen molar-refractivity contribution >= 4 is 35.0 Å². The summed E-state index contributed by atoms with van der Waals surface area (Å²) in [6.07, 6.45) is 1.54. The first-order valence-electron chi connectivity index (χ1n) is 8.72. The smallest absolute Gasteiger partial charge is 0.328 e. The largest absolute Gasteiger partial charge is 0.488 e. The van der Waals surface area contributed by atoms with Gasteiger partial charge in [-0.05, 0) is 48.5 Å². The number of thioether (sulfide) groups is 1. The van der Waals surface area contributed by atoms with Crippen LogP contribution in [-0.2, 0) is 20.9 Å². The molecule has 3 rings (SSSR count). The Morgan fingerprint density at radius 3 is 2.69 bits per heavy atom. The Balaban J connectivity index is 1.81. The number of nitrogens with zero attached hydrogens (tertiary/aromatic N) is 1. The maximum atomic E-state index is 13.3. The van der Waals surface area contributed by atoms with E-state index in [0.29, 0.717) is 16.9 Å². The van der Waals surface area contributed by atoms with Crippen LogP contribution in [0.25, 0.3) is 6.08 Å². The van der Waals surface area contributed by atoms with Gasteiger partial charge in [-0.1, -0.05) is 30.3 Å². The number of imide groups is 1. The molecular formula is C21H18FNO5S. The van der Waals surface area contributed by atoms with E-state index in [1.54, 1.807) is 36.4 Å². The zero-order valence-electron chi connectivity index (χ0n) is 15.8. The quantitative estimate of drug-likeness (QED) is 0.525. The van der Waals surface area contributed by atoms with Gasteiger partial charge >= 0.3 is 5.97 Å². The van der Waals surface area contributed by atoms with Gasteiger partial charge in [-0.15, -0.1) is 0 Å². The van der Waals surface area contributed by atoms with Crippen molar-refractivity contribution in [3.05, 3.63) is 70.4 Å². The number of amides is 2. The van der Waals surface area contributed by atoms with Gasteiger partial charge in [-0.2, -0.15) is 0 Å². The van der Waals surface area contributed by atoms with Crippen LogP contribution in [0.15, 0.2) is 53.4 Å². The van der Waals surface area contributed by atoms with E-state index in [-0.39, 0.29) is 17.3 Å². The van der Waals surface area contributed by atoms with Crippen molar-refractivity contribution in [2.75, 3.05) is 7.11 Å². The summed E-state index contributed by atoms with van der Waals surface area (Å²) in [6.45, 7) is 1.57. The van der Waals surface area contributed by atoms with E-state index in [1.807, 2.05) is 0 Å². The van der Waals surface area contributed by atoms with Gasteiger partial charge in [0.25, 0.3) is 11.1 Å². The van der Waals surface area contributed by atoms with E-state index >= 15 is 0 Å². The molecule has 150 valence electrons. The number of carbonyl (C=O) groups excluding carboxylic acids is 3. The molecular weight excluding hydrogens is 397 g/mol. The fourth-order valence-electron chi connectivity index (χ4n) is 2.75. The lowest BCUT2D eigenvalue weighted by molar-refractivity contribution is -0.148. The molecule has 0 saturated carbocycles. The SMILES string of the molecule is COC(=O)[C@H](C)N1C(=O)S/C(=C/c2ccccc2OCc2cccc(F)c2)C1=O. The highest BCUT2D eigenvalue weighted by molar-refractivity contribution is 8.18. The topological polar surface area (TPSA) is 72.9 Å². The maximum absolute atomic E-state index is 13.3. The molecule has 8 heteroatoms. The fraction of sp³-hybridized carbons (Fsp3) is 0.190. The summed E-state index contributed by atoms with van der Waals surface area (Å²) >= 11 is 0.744. The van der Waals surface area contributed by atoms with Crippen molar-refractivity contribution in [3.8, 4) is 5.75 Å². The van der Waals surface area contributed by atoms with E-state index in [1.165, 1.54) is 32.2 Å². The minimum Gasteiger partial charge on any atom is -0.488 e. The number of esters is 1. The molecule has 2 aromatic rings. The molecule has 0 radical (unpaired) electrons. The Labute approximate surface area is 171 Å².